The summed E-state index contributed by atoms with van der Waals surface area (Å²) in [7, 11) is 0. The van der Waals surface area contributed by atoms with Gasteiger partial charge in [-0.05, 0) is 93.9 Å². The number of ether oxygens (including phenoxy) is 1. The second-order valence-electron chi connectivity index (χ2n) is 23.3. The number of nitrogens with zero attached hydrogens (tertiary/aromatic N) is 4. The van der Waals surface area contributed by atoms with Crippen LogP contribution in [0.2, 0.25) is 0 Å². The Hall–Kier alpha value is -9.01. The van der Waals surface area contributed by atoms with E-state index in [2.05, 4.69) is 37.2 Å². The molecule has 3 rings (SSSR count). The van der Waals surface area contributed by atoms with Gasteiger partial charge in [-0.2, -0.15) is 0 Å². The van der Waals surface area contributed by atoms with Gasteiger partial charge in [0.05, 0.1) is 13.1 Å². The molecule has 0 bridgehead atoms. The van der Waals surface area contributed by atoms with Crippen molar-refractivity contribution in [2.24, 2.45) is 0 Å². The molecule has 2 aromatic rings. The van der Waals surface area contributed by atoms with Crippen LogP contribution in [0, 0.1) is 6.92 Å². The number of unbranched alkanes of at least 4 members (excludes halogenated alkanes) is 6. The fourth-order valence-corrected chi connectivity index (χ4v) is 10.4. The number of rotatable bonds is 45. The van der Waals surface area contributed by atoms with Crippen LogP contribution in [0.25, 0.3) is 0 Å². The lowest BCUT2D eigenvalue weighted by Gasteiger charge is -2.35. The summed E-state index contributed by atoms with van der Waals surface area (Å²) < 4.78 is 5.00. The molecule has 5 atom stereocenters. The standard InChI is InChI=1S/C63H95N11O21/c1-43-36-45(19-22-51(43)76)38-49(67-54(79)23-21-50(62(92)93)74-34-32-72(40-57(84)85)29-28-71(39-56(82)83)30-31-73(33-35-74)41-95-42-75)59(87)68-48(37-44-14-6-4-7-15-44)58(86)66-27-12-5-11-25-64-52(77)17-8-2-3-9-18-53(78)65-26-13-10-16-46(60(88)89)69-63(94)70-47(61(90)91)20-24-55(80)81/h4,6-7,14-15,19,22,36,42,46-50,76H,2-3,5,8-13,16-18,20-21,23-35,37-41H2,1H3,(H,64,77)(H,65,78)(H,66,86)(H,67,79)(H,68,87)(H,80,81)(H,82,83)(H,84,85)(H,88,89)(H,90,91)(H,92,93)(H2,69,70,94). The first-order valence-electron chi connectivity index (χ1n) is 31.9. The van der Waals surface area contributed by atoms with Crippen LogP contribution in [0.1, 0.15) is 119 Å². The highest BCUT2D eigenvalue weighted by atomic mass is 16.5. The van der Waals surface area contributed by atoms with Crippen LogP contribution >= 0.6 is 0 Å². The van der Waals surface area contributed by atoms with Crippen molar-refractivity contribution < 1.29 is 103 Å². The van der Waals surface area contributed by atoms with E-state index >= 15 is 0 Å². The molecule has 5 unspecified atom stereocenters. The monoisotopic (exact) mass is 1340 g/mol. The SMILES string of the molecule is Cc1cc(CC(NC(=O)CCC(C(=O)O)N2CCN(COC=O)CCN(CC(=O)O)CCN(CC(=O)O)CC2)C(=O)NC(Cc2ccccc2)C(=O)NCCCCCNC(=O)CCCCCCC(=O)NCCCCC(NC(=O)NC(CCC(=O)O)C(=O)O)C(=O)O)ccc1O. The minimum Gasteiger partial charge on any atom is -0.508 e. The van der Waals surface area contributed by atoms with Gasteiger partial charge >= 0.3 is 41.8 Å². The number of carbonyl (C=O) groups excluding carboxylic acids is 7. The van der Waals surface area contributed by atoms with E-state index < -0.39 is 109 Å². The van der Waals surface area contributed by atoms with Gasteiger partial charge in [-0.15, -0.1) is 0 Å². The van der Waals surface area contributed by atoms with Gasteiger partial charge in [0.15, 0.2) is 0 Å². The number of urea groups is 1. The molecule has 0 radical (unpaired) electrons. The fourth-order valence-electron chi connectivity index (χ4n) is 10.4. The summed E-state index contributed by atoms with van der Waals surface area (Å²) in [6.45, 7) is 2.90. The smallest absolute Gasteiger partial charge is 0.326 e. The van der Waals surface area contributed by atoms with E-state index in [9.17, 15) is 93.0 Å². The zero-order valence-electron chi connectivity index (χ0n) is 53.8. The molecule has 0 aliphatic carbocycles. The minimum atomic E-state index is -1.52. The molecular formula is C63H95N11O21. The molecule has 14 N–H and O–H groups in total. The van der Waals surface area contributed by atoms with Crippen LogP contribution in [0.4, 0.5) is 4.79 Å². The Morgan fingerprint density at radius 2 is 0.979 bits per heavy atom. The summed E-state index contributed by atoms with van der Waals surface area (Å²) >= 11 is 0. The Morgan fingerprint density at radius 1 is 0.474 bits per heavy atom. The van der Waals surface area contributed by atoms with Crippen LogP contribution in [-0.2, 0) is 75.1 Å². The molecule has 32 nitrogen and oxygen atoms in total. The van der Waals surface area contributed by atoms with E-state index in [1.165, 1.54) is 6.07 Å². The summed E-state index contributed by atoms with van der Waals surface area (Å²) in [6.07, 6.45) is 4.08. The topological polar surface area (TPSA) is 470 Å². The van der Waals surface area contributed by atoms with E-state index in [1.54, 1.807) is 69.0 Å². The average molecular weight is 1340 g/mol. The first kappa shape index (κ1) is 80.2. The molecule has 1 saturated heterocycles. The van der Waals surface area contributed by atoms with E-state index in [0.29, 0.717) is 81.9 Å². The second-order valence-corrected chi connectivity index (χ2v) is 23.3. The summed E-state index contributed by atoms with van der Waals surface area (Å²) in [5, 5.41) is 86.0. The van der Waals surface area contributed by atoms with Crippen LogP contribution < -0.4 is 37.2 Å². The molecule has 1 aliphatic heterocycles. The van der Waals surface area contributed by atoms with Crippen LogP contribution in [-0.4, -0.2) is 255 Å². The first-order valence-corrected chi connectivity index (χ1v) is 31.9. The Kier molecular flexibility index (Phi) is 38.3. The lowest BCUT2D eigenvalue weighted by atomic mass is 10.0. The van der Waals surface area contributed by atoms with Gasteiger partial charge in [0, 0.05) is 111 Å². The summed E-state index contributed by atoms with van der Waals surface area (Å²) in [4.78, 5) is 167. The Bertz CT molecular complexity index is 2820. The lowest BCUT2D eigenvalue weighted by Crippen LogP contribution is -2.55. The van der Waals surface area contributed by atoms with Crippen molar-refractivity contribution in [2.75, 3.05) is 91.8 Å². The van der Waals surface area contributed by atoms with Crippen LogP contribution in [0.5, 0.6) is 5.75 Å². The molecule has 32 heteroatoms. The first-order chi connectivity index (χ1) is 45.3. The third-order valence-corrected chi connectivity index (χ3v) is 15.7. The third kappa shape index (κ3) is 35.2. The molecule has 7 amide bonds. The average Bonchev–Trinajstić information content (AvgIpc) is 0.902. The Morgan fingerprint density at radius 3 is 1.52 bits per heavy atom. The zero-order chi connectivity index (χ0) is 70.1. The summed E-state index contributed by atoms with van der Waals surface area (Å²) in [5.74, 6) is -9.83. The van der Waals surface area contributed by atoms with Crippen LogP contribution in [0.3, 0.4) is 0 Å². The van der Waals surface area contributed by atoms with Crippen molar-refractivity contribution in [1.29, 1.82) is 0 Å². The predicted molar refractivity (Wildman–Crippen MR) is 340 cm³/mol. The highest BCUT2D eigenvalue weighted by Gasteiger charge is 2.32. The number of aromatic hydroxyl groups is 1. The number of carbonyl (C=O) groups is 13. The van der Waals surface area contributed by atoms with Crippen molar-refractivity contribution in [1.82, 2.24) is 56.8 Å². The highest BCUT2D eigenvalue weighted by molar-refractivity contribution is 5.93. The van der Waals surface area contributed by atoms with Crippen molar-refractivity contribution in [3.8, 4) is 5.75 Å². The maximum absolute atomic E-state index is 14.4. The summed E-state index contributed by atoms with van der Waals surface area (Å²) in [6, 6.07) is 5.97. The Balaban J connectivity index is 1.51. The number of benzene rings is 2. The molecule has 0 spiro atoms. The molecule has 1 fully saturated rings. The van der Waals surface area contributed by atoms with Crippen molar-refractivity contribution in [3.05, 3.63) is 65.2 Å². The van der Waals surface area contributed by atoms with Gasteiger partial charge in [-0.25, -0.2) is 14.4 Å². The quantitative estimate of drug-likeness (QED) is 0.0313. The van der Waals surface area contributed by atoms with Gasteiger partial charge in [0.25, 0.3) is 6.47 Å². The van der Waals surface area contributed by atoms with E-state index in [1.807, 2.05) is 0 Å². The van der Waals surface area contributed by atoms with Crippen molar-refractivity contribution in [3.63, 3.8) is 0 Å². The third-order valence-electron chi connectivity index (χ3n) is 15.7. The number of aryl methyl sites for hydroxylation is 1. The lowest BCUT2D eigenvalue weighted by molar-refractivity contribution is -0.145. The van der Waals surface area contributed by atoms with Gasteiger partial charge in [0.2, 0.25) is 29.5 Å². The molecule has 95 heavy (non-hydrogen) atoms. The molecule has 1 heterocycles. The number of carboxylic acid groups (broad SMARTS) is 6. The molecule has 0 saturated carbocycles. The van der Waals surface area contributed by atoms with Gasteiger partial charge in [0.1, 0.15) is 42.7 Å². The molecule has 0 aromatic heterocycles. The van der Waals surface area contributed by atoms with Crippen molar-refractivity contribution in [2.45, 2.75) is 153 Å². The minimum absolute atomic E-state index is 0.000180. The molecule has 528 valence electrons. The number of phenolic OH excluding ortho intramolecular Hbond substituents is 1. The van der Waals surface area contributed by atoms with Crippen LogP contribution in [0.15, 0.2) is 48.5 Å². The number of aliphatic carboxylic acids is 6. The highest BCUT2D eigenvalue weighted by Crippen LogP contribution is 2.19. The maximum Gasteiger partial charge on any atom is 0.326 e. The van der Waals surface area contributed by atoms with Gasteiger partial charge in [-0.3, -0.25) is 67.5 Å². The van der Waals surface area contributed by atoms with Gasteiger partial charge in [-0.1, -0.05) is 55.3 Å². The van der Waals surface area contributed by atoms with E-state index in [4.69, 9.17) is 9.84 Å². The number of carboxylic acids is 6. The molecule has 2 aromatic carbocycles. The van der Waals surface area contributed by atoms with E-state index in [-0.39, 0.29) is 141 Å². The van der Waals surface area contributed by atoms with Gasteiger partial charge < -0.3 is 77.7 Å². The fraction of sp³-hybridized carbons (Fsp3) is 0.603. The van der Waals surface area contributed by atoms with Crippen molar-refractivity contribution >= 4 is 77.9 Å². The zero-order valence-corrected chi connectivity index (χ0v) is 53.8. The number of hydrogen-bond acceptors (Lipinski definition) is 19. The largest absolute Gasteiger partial charge is 0.508 e. The number of phenols is 1. The number of amides is 7. The normalized spacial score (nSPS) is 15.1. The maximum atomic E-state index is 14.4. The van der Waals surface area contributed by atoms with E-state index in [0.717, 1.165) is 5.56 Å². The number of nitrogens with one attached hydrogen (secondary N) is 7. The Labute approximate surface area is 551 Å². The molecule has 1 aliphatic rings. The second kappa shape index (κ2) is 45.3. The predicted octanol–water partition coefficient (Wildman–Crippen LogP) is 0.310. The number of hydrogen-bond donors (Lipinski definition) is 14. The summed E-state index contributed by atoms with van der Waals surface area (Å²) in [5.41, 5.74) is 1.78. The molecular weight excluding hydrogens is 1250 g/mol.